The van der Waals surface area contributed by atoms with Crippen molar-refractivity contribution in [2.45, 2.75) is 19.6 Å². The number of aromatic nitrogens is 4. The van der Waals surface area contributed by atoms with E-state index in [0.717, 1.165) is 14.7 Å². The number of nitrogens with zero attached hydrogens (tertiary/aromatic N) is 4. The van der Waals surface area contributed by atoms with Crippen molar-refractivity contribution in [3.05, 3.63) is 68.4 Å². The van der Waals surface area contributed by atoms with Gasteiger partial charge in [0.05, 0.1) is 23.4 Å². The van der Waals surface area contributed by atoms with Gasteiger partial charge in [-0.2, -0.15) is 4.68 Å². The topological polar surface area (TPSA) is 100 Å². The Morgan fingerprint density at radius 2 is 2.00 bits per heavy atom. The largest absolute Gasteiger partial charge is 0.493 e. The van der Waals surface area contributed by atoms with Gasteiger partial charge < -0.3 is 19.5 Å². The normalized spacial score (nSPS) is 15.2. The Hall–Kier alpha value is -3.15. The number of hydrogen-bond donors (Lipinski definition) is 1. The fourth-order valence-corrected chi connectivity index (χ4v) is 4.24. The molecule has 0 amide bonds. The van der Waals surface area contributed by atoms with Gasteiger partial charge in [-0.3, -0.25) is 0 Å². The molecule has 2 heterocycles. The molecule has 0 fully saturated rings. The highest BCUT2D eigenvalue weighted by Crippen LogP contribution is 2.41. The van der Waals surface area contributed by atoms with Crippen LogP contribution in [0, 0.1) is 3.57 Å². The second-order valence-corrected chi connectivity index (χ2v) is 7.98. The zero-order valence-corrected chi connectivity index (χ0v) is 19.3. The smallest absolute Gasteiger partial charge is 0.338 e. The minimum absolute atomic E-state index is 0.406. The standard InChI is InChI=1S/C21H20IN5O4/c1-12-17(20(28)30-3)18(27-21(23-12)24-25-26-27)14-9-15(22)19(16(10-14)29-2)31-11-13-7-5-4-6-8-13/h4-10,18H,11H2,1-3H3,(H,23,24,26)/t18-/m1/s1. The zero-order chi connectivity index (χ0) is 22.0. The monoisotopic (exact) mass is 533 g/mol. The maximum Gasteiger partial charge on any atom is 0.338 e. The van der Waals surface area contributed by atoms with Crippen LogP contribution in [-0.2, 0) is 16.1 Å². The summed E-state index contributed by atoms with van der Waals surface area (Å²) in [4.78, 5) is 12.6. The molecule has 1 atom stereocenters. The lowest BCUT2D eigenvalue weighted by molar-refractivity contribution is -0.136. The number of halogens is 1. The molecule has 0 saturated heterocycles. The van der Waals surface area contributed by atoms with Crippen molar-refractivity contribution in [2.75, 3.05) is 19.5 Å². The van der Waals surface area contributed by atoms with E-state index in [1.807, 2.05) is 42.5 Å². The van der Waals surface area contributed by atoms with E-state index in [1.54, 1.807) is 18.7 Å². The SMILES string of the molecule is COC(=O)C1=C(C)Nc2nnnn2[C@@H]1c1cc(I)c(OCc2ccccc2)c(OC)c1. The van der Waals surface area contributed by atoms with Crippen LogP contribution in [0.3, 0.4) is 0 Å². The Morgan fingerprint density at radius 1 is 1.23 bits per heavy atom. The van der Waals surface area contributed by atoms with Gasteiger partial charge in [0.15, 0.2) is 11.5 Å². The number of fused-ring (bicyclic) bond motifs is 1. The van der Waals surface area contributed by atoms with E-state index in [-0.39, 0.29) is 0 Å². The first-order chi connectivity index (χ1) is 15.0. The highest BCUT2D eigenvalue weighted by atomic mass is 127. The Bertz CT molecular complexity index is 1150. The Kier molecular flexibility index (Phi) is 6.07. The Labute approximate surface area is 192 Å². The summed E-state index contributed by atoms with van der Waals surface area (Å²) < 4.78 is 19.1. The van der Waals surface area contributed by atoms with Crippen molar-refractivity contribution in [3.8, 4) is 11.5 Å². The van der Waals surface area contributed by atoms with Crippen LogP contribution in [0.25, 0.3) is 0 Å². The number of methoxy groups -OCH3 is 2. The summed E-state index contributed by atoms with van der Waals surface area (Å²) in [5.74, 6) is 1.15. The number of carbonyl (C=O) groups excluding carboxylic acids is 1. The Morgan fingerprint density at radius 3 is 2.71 bits per heavy atom. The zero-order valence-electron chi connectivity index (χ0n) is 17.1. The molecule has 31 heavy (non-hydrogen) atoms. The van der Waals surface area contributed by atoms with Crippen LogP contribution in [-0.4, -0.2) is 40.4 Å². The summed E-state index contributed by atoms with van der Waals surface area (Å²) in [6.07, 6.45) is 0. The minimum atomic E-state index is -0.579. The molecule has 1 N–H and O–H groups in total. The molecule has 4 rings (SSSR count). The molecule has 1 aliphatic heterocycles. The van der Waals surface area contributed by atoms with Crippen molar-refractivity contribution < 1.29 is 19.0 Å². The van der Waals surface area contributed by atoms with Crippen LogP contribution in [0.1, 0.15) is 24.1 Å². The van der Waals surface area contributed by atoms with Crippen molar-refractivity contribution in [2.24, 2.45) is 0 Å². The second-order valence-electron chi connectivity index (χ2n) is 6.81. The van der Waals surface area contributed by atoms with E-state index < -0.39 is 12.0 Å². The van der Waals surface area contributed by atoms with Crippen molar-refractivity contribution in [1.29, 1.82) is 0 Å². The maximum absolute atomic E-state index is 12.6. The number of rotatable bonds is 6. The number of hydrogen-bond acceptors (Lipinski definition) is 8. The highest BCUT2D eigenvalue weighted by Gasteiger charge is 2.35. The van der Waals surface area contributed by atoms with Gasteiger partial charge in [0.25, 0.3) is 0 Å². The van der Waals surface area contributed by atoms with E-state index in [4.69, 9.17) is 14.2 Å². The molecule has 2 aromatic carbocycles. The summed E-state index contributed by atoms with van der Waals surface area (Å²) in [6, 6.07) is 13.1. The molecule has 3 aromatic rings. The van der Waals surface area contributed by atoms with Gasteiger partial charge in [-0.25, -0.2) is 4.79 Å². The van der Waals surface area contributed by atoms with Gasteiger partial charge in [0.1, 0.15) is 12.6 Å². The molecule has 0 bridgehead atoms. The summed E-state index contributed by atoms with van der Waals surface area (Å²) in [6.45, 7) is 2.19. The van der Waals surface area contributed by atoms with E-state index >= 15 is 0 Å². The van der Waals surface area contributed by atoms with Gasteiger partial charge in [0, 0.05) is 5.70 Å². The number of anilines is 1. The molecule has 0 unspecified atom stereocenters. The van der Waals surface area contributed by atoms with Crippen LogP contribution in [0.5, 0.6) is 11.5 Å². The van der Waals surface area contributed by atoms with E-state index in [1.165, 1.54) is 7.11 Å². The number of carbonyl (C=O) groups is 1. The summed E-state index contributed by atoms with van der Waals surface area (Å²) >= 11 is 2.20. The second kappa shape index (κ2) is 8.92. The molecular weight excluding hydrogens is 513 g/mol. The van der Waals surface area contributed by atoms with Gasteiger partial charge >= 0.3 is 5.97 Å². The number of allylic oxidation sites excluding steroid dienone is 1. The fourth-order valence-electron chi connectivity index (χ4n) is 3.46. The number of esters is 1. The first-order valence-corrected chi connectivity index (χ1v) is 10.5. The number of benzene rings is 2. The highest BCUT2D eigenvalue weighted by molar-refractivity contribution is 14.1. The molecule has 9 nitrogen and oxygen atoms in total. The average Bonchev–Trinajstić information content (AvgIpc) is 3.25. The minimum Gasteiger partial charge on any atom is -0.493 e. The molecule has 1 aromatic heterocycles. The molecular formula is C21H20IN5O4. The lowest BCUT2D eigenvalue weighted by atomic mass is 9.95. The molecule has 0 radical (unpaired) electrons. The van der Waals surface area contributed by atoms with Crippen LogP contribution in [0.2, 0.25) is 0 Å². The summed E-state index contributed by atoms with van der Waals surface area (Å²) in [7, 11) is 2.93. The van der Waals surface area contributed by atoms with E-state index in [2.05, 4.69) is 43.4 Å². The van der Waals surface area contributed by atoms with Crippen molar-refractivity contribution in [3.63, 3.8) is 0 Å². The van der Waals surface area contributed by atoms with Gasteiger partial charge in [-0.05, 0) is 63.2 Å². The average molecular weight is 533 g/mol. The van der Waals surface area contributed by atoms with Crippen molar-refractivity contribution in [1.82, 2.24) is 20.2 Å². The third-order valence-electron chi connectivity index (χ3n) is 4.91. The third-order valence-corrected chi connectivity index (χ3v) is 5.71. The molecule has 0 aliphatic carbocycles. The maximum atomic E-state index is 12.6. The molecule has 1 aliphatic rings. The summed E-state index contributed by atoms with van der Waals surface area (Å²) in [5.41, 5.74) is 2.85. The van der Waals surface area contributed by atoms with Crippen molar-refractivity contribution >= 4 is 34.5 Å². The molecule has 0 spiro atoms. The fraction of sp³-hybridized carbons (Fsp3) is 0.238. The van der Waals surface area contributed by atoms with Gasteiger partial charge in [-0.15, -0.1) is 0 Å². The lowest BCUT2D eigenvalue weighted by Crippen LogP contribution is -2.29. The summed E-state index contributed by atoms with van der Waals surface area (Å²) in [5, 5.41) is 14.9. The van der Waals surface area contributed by atoms with Crippen LogP contribution >= 0.6 is 22.6 Å². The number of nitrogens with one attached hydrogen (secondary N) is 1. The Balaban J connectivity index is 1.75. The molecule has 160 valence electrons. The molecule has 10 heteroatoms. The van der Waals surface area contributed by atoms with Gasteiger partial charge in [-0.1, -0.05) is 35.4 Å². The predicted octanol–water partition coefficient (Wildman–Crippen LogP) is 3.33. The first-order valence-electron chi connectivity index (χ1n) is 9.41. The van der Waals surface area contributed by atoms with E-state index in [0.29, 0.717) is 35.3 Å². The van der Waals surface area contributed by atoms with Crippen LogP contribution < -0.4 is 14.8 Å². The van der Waals surface area contributed by atoms with Crippen LogP contribution in [0.15, 0.2) is 53.7 Å². The van der Waals surface area contributed by atoms with E-state index in [9.17, 15) is 4.79 Å². The first kappa shape index (κ1) is 21.1. The molecule has 0 saturated carbocycles. The number of tetrazole rings is 1. The lowest BCUT2D eigenvalue weighted by Gasteiger charge is -2.27. The van der Waals surface area contributed by atoms with Crippen LogP contribution in [0.4, 0.5) is 5.95 Å². The predicted molar refractivity (Wildman–Crippen MR) is 121 cm³/mol. The quantitative estimate of drug-likeness (QED) is 0.381. The third kappa shape index (κ3) is 4.07. The number of ether oxygens (including phenoxy) is 3. The van der Waals surface area contributed by atoms with Gasteiger partial charge in [0.2, 0.25) is 5.95 Å².